The van der Waals surface area contributed by atoms with Crippen molar-refractivity contribution in [2.45, 2.75) is 37.6 Å². The van der Waals surface area contributed by atoms with E-state index >= 15 is 0 Å². The van der Waals surface area contributed by atoms with Crippen LogP contribution < -0.4 is 5.32 Å². The molecule has 2 fully saturated rings. The molecule has 6 rings (SSSR count). The van der Waals surface area contributed by atoms with Crippen LogP contribution in [0.5, 0.6) is 0 Å². The number of rotatable bonds is 6. The average molecular weight is 412 g/mol. The lowest BCUT2D eigenvalue weighted by Gasteiger charge is -2.09. The number of hydrogen-bond donors (Lipinski definition) is 1. The van der Waals surface area contributed by atoms with Gasteiger partial charge in [0, 0.05) is 29.4 Å². The van der Waals surface area contributed by atoms with Crippen molar-refractivity contribution >= 4 is 11.6 Å². The maximum Gasteiger partial charge on any atom is 0.274 e. The van der Waals surface area contributed by atoms with Gasteiger partial charge in [-0.05, 0) is 49.9 Å². The summed E-state index contributed by atoms with van der Waals surface area (Å²) in [5.41, 5.74) is 2.66. The van der Waals surface area contributed by atoms with E-state index in [0.717, 1.165) is 48.6 Å². The summed E-state index contributed by atoms with van der Waals surface area (Å²) in [5.74, 6) is 1.86. The number of aromatic nitrogens is 7. The van der Waals surface area contributed by atoms with Crippen molar-refractivity contribution in [1.82, 2.24) is 34.5 Å². The zero-order valence-electron chi connectivity index (χ0n) is 16.7. The second-order valence-electron chi connectivity index (χ2n) is 8.05. The van der Waals surface area contributed by atoms with Crippen LogP contribution in [0.2, 0.25) is 0 Å². The van der Waals surface area contributed by atoms with E-state index in [4.69, 9.17) is 0 Å². The van der Waals surface area contributed by atoms with Gasteiger partial charge in [0.1, 0.15) is 18.3 Å². The van der Waals surface area contributed by atoms with Crippen molar-refractivity contribution in [3.63, 3.8) is 0 Å². The van der Waals surface area contributed by atoms with Crippen LogP contribution in [0.15, 0.2) is 55.2 Å². The van der Waals surface area contributed by atoms with E-state index in [1.807, 2.05) is 30.3 Å². The van der Waals surface area contributed by atoms with Gasteiger partial charge in [-0.25, -0.2) is 9.67 Å². The highest BCUT2D eigenvalue weighted by Gasteiger charge is 2.28. The highest BCUT2D eigenvalue weighted by atomic mass is 16.1. The first kappa shape index (κ1) is 17.9. The fourth-order valence-corrected chi connectivity index (χ4v) is 3.62. The van der Waals surface area contributed by atoms with Crippen LogP contribution in [-0.4, -0.2) is 40.4 Å². The van der Waals surface area contributed by atoms with Gasteiger partial charge in [0.25, 0.3) is 5.91 Å². The molecule has 0 spiro atoms. The lowest BCUT2D eigenvalue weighted by molar-refractivity contribution is 0.102. The molecule has 1 aromatic carbocycles. The molecule has 0 unspecified atom stereocenters. The molecule has 154 valence electrons. The van der Waals surface area contributed by atoms with E-state index in [2.05, 4.69) is 35.1 Å². The van der Waals surface area contributed by atoms with E-state index in [9.17, 15) is 4.79 Å². The standard InChI is InChI=1S/C22H20N8O/c31-22(19-11-18(8-9-23-19)30-12-24-20(28-30)14-4-5-14)26-16-3-1-2-15(10-16)21-27-25-13-29(21)17-6-7-17/h1-3,8-14,17H,4-7H2,(H,26,31). The van der Waals surface area contributed by atoms with Gasteiger partial charge in [-0.1, -0.05) is 12.1 Å². The van der Waals surface area contributed by atoms with Crippen molar-refractivity contribution in [3.05, 3.63) is 66.8 Å². The normalized spacial score (nSPS) is 15.7. The molecule has 0 aliphatic heterocycles. The molecule has 3 heterocycles. The monoisotopic (exact) mass is 412 g/mol. The predicted octanol–water partition coefficient (Wildman–Crippen LogP) is 3.39. The maximum atomic E-state index is 12.9. The number of amides is 1. The van der Waals surface area contributed by atoms with Crippen LogP contribution in [0.1, 0.15) is 54.0 Å². The van der Waals surface area contributed by atoms with Crippen LogP contribution in [0, 0.1) is 0 Å². The number of anilines is 1. The summed E-state index contributed by atoms with van der Waals surface area (Å²) in [5, 5.41) is 15.8. The van der Waals surface area contributed by atoms with E-state index in [0.29, 0.717) is 23.3 Å². The molecule has 0 atom stereocenters. The van der Waals surface area contributed by atoms with Crippen molar-refractivity contribution in [1.29, 1.82) is 0 Å². The Morgan fingerprint density at radius 3 is 2.77 bits per heavy atom. The molecule has 2 aliphatic rings. The van der Waals surface area contributed by atoms with Gasteiger partial charge in [0.05, 0.1) is 5.69 Å². The Hall–Kier alpha value is -3.88. The molecule has 0 radical (unpaired) electrons. The summed E-state index contributed by atoms with van der Waals surface area (Å²) in [6, 6.07) is 11.6. The fraction of sp³-hybridized carbons (Fsp3) is 0.273. The summed E-state index contributed by atoms with van der Waals surface area (Å²) in [7, 11) is 0. The van der Waals surface area contributed by atoms with Gasteiger partial charge < -0.3 is 9.88 Å². The number of nitrogens with one attached hydrogen (secondary N) is 1. The molecular weight excluding hydrogens is 392 g/mol. The van der Waals surface area contributed by atoms with E-state index in [1.165, 1.54) is 0 Å². The van der Waals surface area contributed by atoms with Crippen molar-refractivity contribution < 1.29 is 4.79 Å². The zero-order chi connectivity index (χ0) is 20.8. The summed E-state index contributed by atoms with van der Waals surface area (Å²) in [6.07, 6.45) is 9.65. The summed E-state index contributed by atoms with van der Waals surface area (Å²) < 4.78 is 3.79. The quantitative estimate of drug-likeness (QED) is 0.521. The number of carbonyl (C=O) groups excluding carboxylic acids is 1. The smallest absolute Gasteiger partial charge is 0.274 e. The first-order valence-electron chi connectivity index (χ1n) is 10.4. The third-order valence-corrected chi connectivity index (χ3v) is 5.58. The number of pyridine rings is 1. The second-order valence-corrected chi connectivity index (χ2v) is 8.05. The average Bonchev–Trinajstić information content (AvgIpc) is 3.73. The van der Waals surface area contributed by atoms with Gasteiger partial charge in [-0.2, -0.15) is 5.10 Å². The van der Waals surface area contributed by atoms with Crippen molar-refractivity contribution in [2.75, 3.05) is 5.32 Å². The zero-order valence-corrected chi connectivity index (χ0v) is 16.7. The number of nitrogens with zero attached hydrogens (tertiary/aromatic N) is 7. The largest absolute Gasteiger partial charge is 0.321 e. The first-order valence-corrected chi connectivity index (χ1v) is 10.4. The number of carbonyl (C=O) groups is 1. The molecule has 2 aliphatic carbocycles. The molecular formula is C22H20N8O. The highest BCUT2D eigenvalue weighted by Crippen LogP contribution is 2.38. The van der Waals surface area contributed by atoms with Crippen LogP contribution in [-0.2, 0) is 0 Å². The Morgan fingerprint density at radius 1 is 1.03 bits per heavy atom. The van der Waals surface area contributed by atoms with Gasteiger partial charge in [-0.3, -0.25) is 9.78 Å². The minimum Gasteiger partial charge on any atom is -0.321 e. The van der Waals surface area contributed by atoms with Crippen LogP contribution >= 0.6 is 0 Å². The van der Waals surface area contributed by atoms with Crippen molar-refractivity contribution in [3.8, 4) is 17.1 Å². The van der Waals surface area contributed by atoms with E-state index in [-0.39, 0.29) is 5.91 Å². The number of benzene rings is 1. The molecule has 2 saturated carbocycles. The van der Waals surface area contributed by atoms with Gasteiger partial charge in [0.2, 0.25) is 0 Å². The van der Waals surface area contributed by atoms with Gasteiger partial charge in [0.15, 0.2) is 11.6 Å². The molecule has 31 heavy (non-hydrogen) atoms. The van der Waals surface area contributed by atoms with Gasteiger partial charge in [-0.15, -0.1) is 10.2 Å². The molecule has 9 nitrogen and oxygen atoms in total. The molecule has 1 N–H and O–H groups in total. The van der Waals surface area contributed by atoms with Gasteiger partial charge >= 0.3 is 0 Å². The molecule has 9 heteroatoms. The first-order chi connectivity index (χ1) is 15.2. The Labute approximate surface area is 178 Å². The lowest BCUT2D eigenvalue weighted by Crippen LogP contribution is -2.14. The second kappa shape index (κ2) is 7.12. The topological polar surface area (TPSA) is 103 Å². The molecule has 1 amide bonds. The van der Waals surface area contributed by atoms with Crippen LogP contribution in [0.3, 0.4) is 0 Å². The Balaban J connectivity index is 1.22. The molecule has 0 bridgehead atoms. The van der Waals surface area contributed by atoms with Crippen LogP contribution in [0.4, 0.5) is 5.69 Å². The minimum absolute atomic E-state index is 0.287. The minimum atomic E-state index is -0.287. The van der Waals surface area contributed by atoms with Crippen molar-refractivity contribution in [2.24, 2.45) is 0 Å². The van der Waals surface area contributed by atoms with E-state index in [1.54, 1.807) is 29.6 Å². The third-order valence-electron chi connectivity index (χ3n) is 5.58. The summed E-state index contributed by atoms with van der Waals surface area (Å²) >= 11 is 0. The summed E-state index contributed by atoms with van der Waals surface area (Å²) in [4.78, 5) is 21.5. The fourth-order valence-electron chi connectivity index (χ4n) is 3.62. The third kappa shape index (κ3) is 3.58. The number of hydrogen-bond acceptors (Lipinski definition) is 6. The SMILES string of the molecule is O=C(Nc1cccc(-c2nncn2C2CC2)c1)c1cc(-n2cnc(C3CC3)n2)ccn1. The highest BCUT2D eigenvalue weighted by molar-refractivity contribution is 6.03. The maximum absolute atomic E-state index is 12.9. The van der Waals surface area contributed by atoms with E-state index < -0.39 is 0 Å². The predicted molar refractivity (Wildman–Crippen MR) is 113 cm³/mol. The Kier molecular flexibility index (Phi) is 4.12. The summed E-state index contributed by atoms with van der Waals surface area (Å²) in [6.45, 7) is 0. The molecule has 3 aromatic heterocycles. The Bertz CT molecular complexity index is 1270. The molecule has 4 aromatic rings. The molecule has 0 saturated heterocycles. The lowest BCUT2D eigenvalue weighted by atomic mass is 10.2. The van der Waals surface area contributed by atoms with Crippen LogP contribution in [0.25, 0.3) is 17.1 Å². The Morgan fingerprint density at radius 2 is 1.94 bits per heavy atom.